The van der Waals surface area contributed by atoms with Gasteiger partial charge in [0.1, 0.15) is 17.5 Å². The van der Waals surface area contributed by atoms with E-state index in [0.717, 1.165) is 25.3 Å². The van der Waals surface area contributed by atoms with Crippen molar-refractivity contribution in [3.8, 4) is 11.3 Å². The predicted octanol–water partition coefficient (Wildman–Crippen LogP) is 3.45. The van der Waals surface area contributed by atoms with Crippen LogP contribution in [-0.4, -0.2) is 52.2 Å². The van der Waals surface area contributed by atoms with Crippen LogP contribution in [0.25, 0.3) is 11.3 Å². The maximum absolute atomic E-state index is 14.0. The monoisotopic (exact) mass is 451 g/mol. The van der Waals surface area contributed by atoms with Crippen LogP contribution in [0.3, 0.4) is 0 Å². The number of nitrogens with one attached hydrogen (secondary N) is 1. The van der Waals surface area contributed by atoms with E-state index < -0.39 is 46.9 Å². The fraction of sp³-hybridized carbons (Fsp3) is 0.500. The molecule has 4 unspecified atom stereocenters. The normalized spacial score (nSPS) is 26.2. The third-order valence-corrected chi connectivity index (χ3v) is 6.56. The molecule has 0 spiro atoms. The molecule has 4 atom stereocenters. The van der Waals surface area contributed by atoms with Gasteiger partial charge in [0.2, 0.25) is 0 Å². The van der Waals surface area contributed by atoms with Crippen molar-refractivity contribution in [2.45, 2.75) is 44.7 Å². The molecule has 10 heteroatoms. The highest BCUT2D eigenvalue weighted by Crippen LogP contribution is 2.33. The van der Waals surface area contributed by atoms with Crippen molar-refractivity contribution in [1.29, 1.82) is 0 Å². The number of likely N-dealkylation sites (tertiary alicyclic amines) is 1. The molecule has 1 amide bonds. The zero-order valence-corrected chi connectivity index (χ0v) is 17.5. The summed E-state index contributed by atoms with van der Waals surface area (Å²) in [5, 5.41) is 16.0. The van der Waals surface area contributed by atoms with Crippen LogP contribution in [-0.2, 0) is 4.79 Å². The summed E-state index contributed by atoms with van der Waals surface area (Å²) in [4.78, 5) is 26.7. The lowest BCUT2D eigenvalue weighted by Crippen LogP contribution is -2.56. The van der Waals surface area contributed by atoms with Crippen molar-refractivity contribution < 1.29 is 32.4 Å². The average molecular weight is 451 g/mol. The number of nitrogens with zero attached hydrogens (tertiary/aromatic N) is 2. The summed E-state index contributed by atoms with van der Waals surface area (Å²) in [6, 6.07) is 1.77. The molecule has 2 aromatic rings. The molecular formula is C22H24F3N3O4. The van der Waals surface area contributed by atoms with Crippen molar-refractivity contribution in [1.82, 2.24) is 15.4 Å². The Morgan fingerprint density at radius 1 is 1.16 bits per heavy atom. The average Bonchev–Trinajstić information content (AvgIpc) is 3.37. The van der Waals surface area contributed by atoms with Crippen molar-refractivity contribution >= 4 is 11.9 Å². The van der Waals surface area contributed by atoms with Crippen LogP contribution in [0, 0.1) is 29.3 Å². The van der Waals surface area contributed by atoms with Gasteiger partial charge in [0.15, 0.2) is 11.5 Å². The maximum atomic E-state index is 14.0. The highest BCUT2D eigenvalue weighted by atomic mass is 19.1. The Kier molecular flexibility index (Phi) is 6.23. The first-order valence-electron chi connectivity index (χ1n) is 10.6. The minimum atomic E-state index is -1.19. The fourth-order valence-electron chi connectivity index (χ4n) is 4.89. The van der Waals surface area contributed by atoms with Crippen LogP contribution in [0.4, 0.5) is 13.2 Å². The van der Waals surface area contributed by atoms with Gasteiger partial charge in [0, 0.05) is 43.4 Å². The zero-order valence-electron chi connectivity index (χ0n) is 17.5. The summed E-state index contributed by atoms with van der Waals surface area (Å²) in [5.74, 6) is -5.82. The van der Waals surface area contributed by atoms with E-state index in [-0.39, 0.29) is 11.5 Å². The van der Waals surface area contributed by atoms with E-state index in [4.69, 9.17) is 4.52 Å². The summed E-state index contributed by atoms with van der Waals surface area (Å²) >= 11 is 0. The Hall–Kier alpha value is -2.88. The molecule has 1 aliphatic carbocycles. The first kappa shape index (κ1) is 22.3. The lowest BCUT2D eigenvalue weighted by molar-refractivity contribution is -0.145. The third kappa shape index (κ3) is 4.36. The van der Waals surface area contributed by atoms with Crippen LogP contribution in [0.15, 0.2) is 22.7 Å². The van der Waals surface area contributed by atoms with E-state index in [2.05, 4.69) is 22.3 Å². The van der Waals surface area contributed by atoms with Crippen molar-refractivity contribution in [2.24, 2.45) is 11.8 Å². The summed E-state index contributed by atoms with van der Waals surface area (Å²) in [7, 11) is 0. The molecule has 0 radical (unpaired) electrons. The first-order chi connectivity index (χ1) is 15.2. The molecule has 0 bridgehead atoms. The zero-order chi connectivity index (χ0) is 23.0. The van der Waals surface area contributed by atoms with Crippen molar-refractivity contribution in [3.63, 3.8) is 0 Å². The fourth-order valence-corrected chi connectivity index (χ4v) is 4.89. The Morgan fingerprint density at radius 2 is 1.88 bits per heavy atom. The Balaban J connectivity index is 1.46. The number of amides is 1. The van der Waals surface area contributed by atoms with E-state index in [1.165, 1.54) is 0 Å². The standard InChI is InChI=1S/C22H24F3N3O4/c1-11-3-2-4-18(11)28-6-5-16(13(10-28)22(30)31)26-21(29)17-9-19(32-27-17)20-14(24)7-12(23)8-15(20)25/h7-9,11,13,16,18H,2-6,10H2,1H3,(H,26,29)(H,30,31). The Morgan fingerprint density at radius 3 is 2.50 bits per heavy atom. The molecule has 1 saturated heterocycles. The third-order valence-electron chi connectivity index (χ3n) is 6.56. The lowest BCUT2D eigenvalue weighted by Gasteiger charge is -2.41. The second-order valence-corrected chi connectivity index (χ2v) is 8.60. The second-order valence-electron chi connectivity index (χ2n) is 8.60. The van der Waals surface area contributed by atoms with Crippen LogP contribution >= 0.6 is 0 Å². The van der Waals surface area contributed by atoms with Gasteiger partial charge in [-0.05, 0) is 25.2 Å². The minimum Gasteiger partial charge on any atom is -0.481 e. The first-order valence-corrected chi connectivity index (χ1v) is 10.6. The van der Waals surface area contributed by atoms with E-state index in [1.54, 1.807) is 0 Å². The number of hydrogen-bond acceptors (Lipinski definition) is 5. The molecule has 2 N–H and O–H groups in total. The maximum Gasteiger partial charge on any atom is 0.309 e. The highest BCUT2D eigenvalue weighted by molar-refractivity contribution is 5.93. The van der Waals surface area contributed by atoms with Gasteiger partial charge in [0.05, 0.1) is 11.5 Å². The smallest absolute Gasteiger partial charge is 0.309 e. The van der Waals surface area contributed by atoms with E-state index in [0.29, 0.717) is 43.6 Å². The van der Waals surface area contributed by atoms with Crippen LogP contribution < -0.4 is 5.32 Å². The Labute approximate surface area is 182 Å². The summed E-state index contributed by atoms with van der Waals surface area (Å²) in [5.41, 5.74) is -0.889. The number of carbonyl (C=O) groups is 2. The molecule has 2 fully saturated rings. The number of hydrogen-bond donors (Lipinski definition) is 2. The molecule has 1 aromatic carbocycles. The molecule has 7 nitrogen and oxygen atoms in total. The number of carboxylic acid groups (broad SMARTS) is 1. The van der Waals surface area contributed by atoms with Gasteiger partial charge >= 0.3 is 5.97 Å². The van der Waals surface area contributed by atoms with Crippen molar-refractivity contribution in [3.05, 3.63) is 41.3 Å². The van der Waals surface area contributed by atoms with Gasteiger partial charge in [-0.15, -0.1) is 0 Å². The number of carboxylic acids is 1. The summed E-state index contributed by atoms with van der Waals surface area (Å²) in [6.07, 6.45) is 3.76. The quantitative estimate of drug-likeness (QED) is 0.723. The van der Waals surface area contributed by atoms with Crippen LogP contribution in [0.2, 0.25) is 0 Å². The van der Waals surface area contributed by atoms with E-state index in [9.17, 15) is 27.9 Å². The second kappa shape index (κ2) is 8.93. The molecular weight excluding hydrogens is 427 g/mol. The molecule has 2 aliphatic rings. The van der Waals surface area contributed by atoms with E-state index in [1.807, 2.05) is 0 Å². The number of benzene rings is 1. The topological polar surface area (TPSA) is 95.7 Å². The minimum absolute atomic E-state index is 0.251. The van der Waals surface area contributed by atoms with Gasteiger partial charge in [0.25, 0.3) is 5.91 Å². The predicted molar refractivity (Wildman–Crippen MR) is 107 cm³/mol. The number of piperidine rings is 1. The van der Waals surface area contributed by atoms with Crippen LogP contribution in [0.5, 0.6) is 0 Å². The van der Waals surface area contributed by atoms with Gasteiger partial charge < -0.3 is 14.9 Å². The van der Waals surface area contributed by atoms with E-state index >= 15 is 0 Å². The summed E-state index contributed by atoms with van der Waals surface area (Å²) < 4.78 is 46.0. The molecule has 32 heavy (non-hydrogen) atoms. The molecule has 172 valence electrons. The largest absolute Gasteiger partial charge is 0.481 e. The van der Waals surface area contributed by atoms with Gasteiger partial charge in [-0.3, -0.25) is 14.5 Å². The van der Waals surface area contributed by atoms with Gasteiger partial charge in [-0.2, -0.15) is 0 Å². The molecule has 1 aliphatic heterocycles. The van der Waals surface area contributed by atoms with Gasteiger partial charge in [-0.1, -0.05) is 18.5 Å². The number of aromatic nitrogens is 1. The SMILES string of the molecule is CC1CCCC1N1CCC(NC(=O)c2cc(-c3c(F)cc(F)cc3F)on2)C(C(=O)O)C1. The number of halogens is 3. The van der Waals surface area contributed by atoms with Gasteiger partial charge in [-0.25, -0.2) is 13.2 Å². The Bertz CT molecular complexity index is 1000. The number of aliphatic carboxylic acids is 1. The summed E-state index contributed by atoms with van der Waals surface area (Å²) in [6.45, 7) is 3.18. The lowest BCUT2D eigenvalue weighted by atomic mass is 9.89. The highest BCUT2D eigenvalue weighted by Gasteiger charge is 2.40. The molecule has 1 aromatic heterocycles. The number of rotatable bonds is 5. The van der Waals surface area contributed by atoms with Crippen LogP contribution in [0.1, 0.15) is 43.1 Å². The molecule has 4 rings (SSSR count). The van der Waals surface area contributed by atoms with Crippen molar-refractivity contribution in [2.75, 3.05) is 13.1 Å². The number of carbonyl (C=O) groups excluding carboxylic acids is 1. The molecule has 1 saturated carbocycles. The molecule has 2 heterocycles.